The van der Waals surface area contributed by atoms with Crippen molar-refractivity contribution in [3.05, 3.63) is 22.4 Å². The van der Waals surface area contributed by atoms with E-state index in [0.29, 0.717) is 19.0 Å². The molecule has 0 aliphatic carbocycles. The number of carbonyl (C=O) groups is 1. The predicted octanol–water partition coefficient (Wildman–Crippen LogP) is 1.53. The van der Waals surface area contributed by atoms with Crippen LogP contribution < -0.4 is 0 Å². The van der Waals surface area contributed by atoms with Crippen molar-refractivity contribution >= 4 is 27.1 Å². The van der Waals surface area contributed by atoms with E-state index in [2.05, 4.69) is 16.3 Å². The van der Waals surface area contributed by atoms with Gasteiger partial charge in [0.25, 0.3) is 0 Å². The third-order valence-corrected chi connectivity index (χ3v) is 7.45. The standard InChI is InChI=1S/C15H22N2O3S2/c1-16(12-6-9-22(19,20)11-12)15(18)10-17-7-2-4-13(17)14-5-3-8-21-14/h3,5,8,12-13H,2,4,6-7,9-11H2,1H3/t12-,13-/m1/s1. The number of hydrogen-bond acceptors (Lipinski definition) is 5. The zero-order valence-electron chi connectivity index (χ0n) is 12.8. The van der Waals surface area contributed by atoms with Crippen molar-refractivity contribution in [2.24, 2.45) is 0 Å². The second-order valence-electron chi connectivity index (χ2n) is 6.21. The van der Waals surface area contributed by atoms with Gasteiger partial charge in [0.05, 0.1) is 18.1 Å². The first-order valence-electron chi connectivity index (χ1n) is 7.70. The minimum Gasteiger partial charge on any atom is -0.341 e. The van der Waals surface area contributed by atoms with Crippen LogP contribution in [0.1, 0.15) is 30.2 Å². The number of nitrogens with zero attached hydrogens (tertiary/aromatic N) is 2. The fraction of sp³-hybridized carbons (Fsp3) is 0.667. The lowest BCUT2D eigenvalue weighted by Crippen LogP contribution is -2.43. The molecule has 3 rings (SSSR count). The molecule has 0 aromatic carbocycles. The summed E-state index contributed by atoms with van der Waals surface area (Å²) in [6.07, 6.45) is 2.77. The molecule has 0 saturated carbocycles. The van der Waals surface area contributed by atoms with E-state index in [1.165, 1.54) is 4.88 Å². The summed E-state index contributed by atoms with van der Waals surface area (Å²) in [5.41, 5.74) is 0. The van der Waals surface area contributed by atoms with Crippen LogP contribution in [0, 0.1) is 0 Å². The Labute approximate surface area is 135 Å². The van der Waals surface area contributed by atoms with Crippen molar-refractivity contribution in [3.63, 3.8) is 0 Å². The minimum absolute atomic E-state index is 0.0329. The molecule has 0 radical (unpaired) electrons. The summed E-state index contributed by atoms with van der Waals surface area (Å²) in [4.78, 5) is 17.7. The maximum absolute atomic E-state index is 12.5. The van der Waals surface area contributed by atoms with Gasteiger partial charge in [0.15, 0.2) is 9.84 Å². The van der Waals surface area contributed by atoms with Gasteiger partial charge < -0.3 is 4.90 Å². The Morgan fingerprint density at radius 2 is 2.27 bits per heavy atom. The second kappa shape index (κ2) is 6.29. The van der Waals surface area contributed by atoms with E-state index >= 15 is 0 Å². The number of sulfone groups is 1. The zero-order chi connectivity index (χ0) is 15.7. The van der Waals surface area contributed by atoms with Crippen LogP contribution in [-0.4, -0.2) is 61.8 Å². The number of amides is 1. The van der Waals surface area contributed by atoms with Crippen LogP contribution in [0.25, 0.3) is 0 Å². The summed E-state index contributed by atoms with van der Waals surface area (Å²) in [7, 11) is -1.21. The minimum atomic E-state index is -2.95. The molecule has 2 fully saturated rings. The van der Waals surface area contributed by atoms with Crippen LogP contribution in [0.2, 0.25) is 0 Å². The van der Waals surface area contributed by atoms with Crippen molar-refractivity contribution in [3.8, 4) is 0 Å². The molecule has 22 heavy (non-hydrogen) atoms. The van der Waals surface area contributed by atoms with Crippen molar-refractivity contribution in [1.82, 2.24) is 9.80 Å². The van der Waals surface area contributed by atoms with Gasteiger partial charge in [-0.15, -0.1) is 11.3 Å². The highest BCUT2D eigenvalue weighted by molar-refractivity contribution is 7.91. The number of likely N-dealkylation sites (N-methyl/N-ethyl adjacent to an activating group) is 1. The van der Waals surface area contributed by atoms with E-state index in [1.807, 2.05) is 6.07 Å². The normalized spacial score (nSPS) is 28.0. The number of rotatable bonds is 4. The molecule has 0 spiro atoms. The smallest absolute Gasteiger partial charge is 0.236 e. The van der Waals surface area contributed by atoms with E-state index in [9.17, 15) is 13.2 Å². The first-order chi connectivity index (χ1) is 10.5. The molecule has 2 atom stereocenters. The third kappa shape index (κ3) is 3.36. The van der Waals surface area contributed by atoms with Gasteiger partial charge in [-0.1, -0.05) is 6.07 Å². The van der Waals surface area contributed by atoms with Gasteiger partial charge in [-0.2, -0.15) is 0 Å². The maximum Gasteiger partial charge on any atom is 0.236 e. The first kappa shape index (κ1) is 16.0. The van der Waals surface area contributed by atoms with Gasteiger partial charge in [0.1, 0.15) is 0 Å². The monoisotopic (exact) mass is 342 g/mol. The Bertz CT molecular complexity index is 627. The van der Waals surface area contributed by atoms with E-state index in [4.69, 9.17) is 0 Å². The van der Waals surface area contributed by atoms with Gasteiger partial charge in [0.2, 0.25) is 5.91 Å². The summed E-state index contributed by atoms with van der Waals surface area (Å²) in [6, 6.07) is 4.36. The Balaban J connectivity index is 1.61. The highest BCUT2D eigenvalue weighted by Crippen LogP contribution is 2.34. The lowest BCUT2D eigenvalue weighted by molar-refractivity contribution is -0.133. The molecule has 1 aromatic heterocycles. The van der Waals surface area contributed by atoms with Gasteiger partial charge >= 0.3 is 0 Å². The van der Waals surface area contributed by atoms with Crippen LogP contribution in [0.4, 0.5) is 0 Å². The summed E-state index contributed by atoms with van der Waals surface area (Å²) in [6.45, 7) is 1.32. The SMILES string of the molecule is CN(C(=O)CN1CCC[C@@H]1c1cccs1)[C@@H]1CCS(=O)(=O)C1. The molecule has 2 aliphatic heterocycles. The van der Waals surface area contributed by atoms with E-state index in [0.717, 1.165) is 19.4 Å². The molecular formula is C15H22N2O3S2. The summed E-state index contributed by atoms with van der Waals surface area (Å²) >= 11 is 1.74. The number of hydrogen-bond donors (Lipinski definition) is 0. The molecular weight excluding hydrogens is 320 g/mol. The topological polar surface area (TPSA) is 57.7 Å². The van der Waals surface area contributed by atoms with Crippen LogP contribution >= 0.6 is 11.3 Å². The first-order valence-corrected chi connectivity index (χ1v) is 10.4. The quantitative estimate of drug-likeness (QED) is 0.833. The van der Waals surface area contributed by atoms with Gasteiger partial charge in [0, 0.05) is 24.0 Å². The fourth-order valence-electron chi connectivity index (χ4n) is 3.39. The summed E-state index contributed by atoms with van der Waals surface area (Å²) in [5, 5.41) is 2.07. The fourth-order valence-corrected chi connectivity index (χ4v) is 6.06. The molecule has 0 N–H and O–H groups in total. The molecule has 7 heteroatoms. The molecule has 0 bridgehead atoms. The van der Waals surface area contributed by atoms with Crippen LogP contribution in [0.5, 0.6) is 0 Å². The van der Waals surface area contributed by atoms with Crippen LogP contribution in [0.15, 0.2) is 17.5 Å². The van der Waals surface area contributed by atoms with Gasteiger partial charge in [-0.3, -0.25) is 9.69 Å². The van der Waals surface area contributed by atoms with E-state index < -0.39 is 9.84 Å². The summed E-state index contributed by atoms with van der Waals surface area (Å²) < 4.78 is 23.1. The maximum atomic E-state index is 12.5. The lowest BCUT2D eigenvalue weighted by atomic mass is 10.2. The largest absolute Gasteiger partial charge is 0.341 e. The highest BCUT2D eigenvalue weighted by Gasteiger charge is 2.34. The molecule has 2 aliphatic rings. The Hall–Kier alpha value is -0.920. The van der Waals surface area contributed by atoms with E-state index in [1.54, 1.807) is 23.3 Å². The van der Waals surface area contributed by atoms with Crippen molar-refractivity contribution in [1.29, 1.82) is 0 Å². The highest BCUT2D eigenvalue weighted by atomic mass is 32.2. The second-order valence-corrected chi connectivity index (χ2v) is 9.41. The Morgan fingerprint density at radius 1 is 1.45 bits per heavy atom. The molecule has 3 heterocycles. The van der Waals surface area contributed by atoms with Crippen molar-refractivity contribution in [2.45, 2.75) is 31.3 Å². The van der Waals surface area contributed by atoms with Crippen LogP contribution in [0.3, 0.4) is 0 Å². The van der Waals surface area contributed by atoms with Gasteiger partial charge in [-0.05, 0) is 37.3 Å². The number of likely N-dealkylation sites (tertiary alicyclic amines) is 1. The molecule has 1 aromatic rings. The number of carbonyl (C=O) groups excluding carboxylic acids is 1. The molecule has 122 valence electrons. The average molecular weight is 342 g/mol. The van der Waals surface area contributed by atoms with Crippen LogP contribution in [-0.2, 0) is 14.6 Å². The Kier molecular flexibility index (Phi) is 4.56. The lowest BCUT2D eigenvalue weighted by Gasteiger charge is -2.28. The number of thiophene rings is 1. The molecule has 2 saturated heterocycles. The van der Waals surface area contributed by atoms with Crippen molar-refractivity contribution < 1.29 is 13.2 Å². The zero-order valence-corrected chi connectivity index (χ0v) is 14.4. The Morgan fingerprint density at radius 3 is 2.91 bits per heavy atom. The summed E-state index contributed by atoms with van der Waals surface area (Å²) in [5.74, 6) is 0.353. The van der Waals surface area contributed by atoms with E-state index in [-0.39, 0.29) is 23.5 Å². The molecule has 0 unspecified atom stereocenters. The third-order valence-electron chi connectivity index (χ3n) is 4.72. The van der Waals surface area contributed by atoms with Gasteiger partial charge in [-0.25, -0.2) is 8.42 Å². The average Bonchev–Trinajstić information content (AvgIpc) is 3.17. The molecule has 5 nitrogen and oxygen atoms in total. The van der Waals surface area contributed by atoms with Crippen molar-refractivity contribution in [2.75, 3.05) is 31.6 Å². The molecule has 1 amide bonds. The predicted molar refractivity (Wildman–Crippen MR) is 87.7 cm³/mol.